The third kappa shape index (κ3) is 4.64. The van der Waals surface area contributed by atoms with Gasteiger partial charge in [-0.05, 0) is 87.7 Å². The number of nitrogens with one attached hydrogen (secondary N) is 1. The molecular formula is C16H17Br2NO2. The summed E-state index contributed by atoms with van der Waals surface area (Å²) in [5, 5.41) is 12.6. The maximum absolute atomic E-state index is 9.26. The molecule has 0 amide bonds. The number of phenolic OH excluding ortho intramolecular Hbond substituents is 1. The van der Waals surface area contributed by atoms with Crippen LogP contribution in [0.1, 0.15) is 19.4 Å². The fourth-order valence-corrected chi connectivity index (χ4v) is 3.31. The predicted molar refractivity (Wildman–Crippen MR) is 93.0 cm³/mol. The lowest BCUT2D eigenvalue weighted by Crippen LogP contribution is -2.07. The van der Waals surface area contributed by atoms with Crippen LogP contribution in [0.15, 0.2) is 45.3 Å². The SMILES string of the molecule is CC(C)Oc1c(Br)cc(CNc2ccc(O)cc2)cc1Br. The van der Waals surface area contributed by atoms with Crippen molar-refractivity contribution in [3.8, 4) is 11.5 Å². The molecule has 0 radical (unpaired) electrons. The molecule has 112 valence electrons. The van der Waals surface area contributed by atoms with E-state index in [1.807, 2.05) is 38.1 Å². The molecule has 0 aliphatic rings. The smallest absolute Gasteiger partial charge is 0.148 e. The van der Waals surface area contributed by atoms with Crippen molar-refractivity contribution < 1.29 is 9.84 Å². The quantitative estimate of drug-likeness (QED) is 0.650. The van der Waals surface area contributed by atoms with Gasteiger partial charge in [0.05, 0.1) is 15.0 Å². The average Bonchev–Trinajstić information content (AvgIpc) is 2.42. The minimum atomic E-state index is 0.124. The van der Waals surface area contributed by atoms with Crippen LogP contribution in [0.4, 0.5) is 5.69 Å². The summed E-state index contributed by atoms with van der Waals surface area (Å²) >= 11 is 7.09. The van der Waals surface area contributed by atoms with Crippen molar-refractivity contribution in [2.24, 2.45) is 0 Å². The number of hydrogen-bond acceptors (Lipinski definition) is 3. The molecule has 21 heavy (non-hydrogen) atoms. The fraction of sp³-hybridized carbons (Fsp3) is 0.250. The average molecular weight is 415 g/mol. The molecule has 0 heterocycles. The molecule has 2 N–H and O–H groups in total. The van der Waals surface area contributed by atoms with Gasteiger partial charge in [-0.25, -0.2) is 0 Å². The molecule has 5 heteroatoms. The van der Waals surface area contributed by atoms with Gasteiger partial charge in [0.2, 0.25) is 0 Å². The standard InChI is InChI=1S/C16H17Br2NO2/c1-10(2)21-16-14(17)7-11(8-15(16)18)9-19-12-3-5-13(20)6-4-12/h3-8,10,19-20H,9H2,1-2H3. The van der Waals surface area contributed by atoms with Crippen LogP contribution in [0, 0.1) is 0 Å². The summed E-state index contributed by atoms with van der Waals surface area (Å²) in [6.45, 7) is 4.68. The van der Waals surface area contributed by atoms with Crippen molar-refractivity contribution in [3.63, 3.8) is 0 Å². The molecule has 0 atom stereocenters. The van der Waals surface area contributed by atoms with Gasteiger partial charge in [0.25, 0.3) is 0 Å². The van der Waals surface area contributed by atoms with Crippen LogP contribution in [0.25, 0.3) is 0 Å². The van der Waals surface area contributed by atoms with E-state index in [9.17, 15) is 5.11 Å². The van der Waals surface area contributed by atoms with Gasteiger partial charge in [0.15, 0.2) is 0 Å². The summed E-state index contributed by atoms with van der Waals surface area (Å²) in [6, 6.07) is 11.1. The largest absolute Gasteiger partial charge is 0.508 e. The molecule has 0 bridgehead atoms. The summed E-state index contributed by atoms with van der Waals surface area (Å²) < 4.78 is 7.61. The molecular weight excluding hydrogens is 398 g/mol. The molecule has 0 spiro atoms. The summed E-state index contributed by atoms with van der Waals surface area (Å²) in [4.78, 5) is 0. The van der Waals surface area contributed by atoms with Crippen molar-refractivity contribution in [1.29, 1.82) is 0 Å². The third-order valence-electron chi connectivity index (χ3n) is 2.78. The molecule has 0 aliphatic heterocycles. The van der Waals surface area contributed by atoms with E-state index in [1.165, 1.54) is 0 Å². The Balaban J connectivity index is 2.09. The Labute approximate surface area is 141 Å². The van der Waals surface area contributed by atoms with Crippen LogP contribution >= 0.6 is 31.9 Å². The molecule has 2 rings (SSSR count). The highest BCUT2D eigenvalue weighted by atomic mass is 79.9. The van der Waals surface area contributed by atoms with Crippen LogP contribution in [0.2, 0.25) is 0 Å². The highest BCUT2D eigenvalue weighted by Crippen LogP contribution is 2.35. The molecule has 0 aliphatic carbocycles. The Morgan fingerprint density at radius 2 is 1.67 bits per heavy atom. The van der Waals surface area contributed by atoms with Gasteiger partial charge in [-0.1, -0.05) is 0 Å². The van der Waals surface area contributed by atoms with E-state index in [1.54, 1.807) is 12.1 Å². The van der Waals surface area contributed by atoms with Crippen molar-refractivity contribution >= 4 is 37.5 Å². The van der Waals surface area contributed by atoms with E-state index in [0.717, 1.165) is 25.9 Å². The number of ether oxygens (including phenoxy) is 1. The number of halogens is 2. The predicted octanol–water partition coefficient (Wildman–Crippen LogP) is 5.32. The first kappa shape index (κ1) is 16.2. The fourth-order valence-electron chi connectivity index (χ4n) is 1.85. The van der Waals surface area contributed by atoms with Crippen LogP contribution in [-0.2, 0) is 6.54 Å². The van der Waals surface area contributed by atoms with Gasteiger partial charge in [0.1, 0.15) is 11.5 Å². The van der Waals surface area contributed by atoms with Crippen molar-refractivity contribution in [2.75, 3.05) is 5.32 Å². The maximum Gasteiger partial charge on any atom is 0.148 e. The van der Waals surface area contributed by atoms with E-state index in [2.05, 4.69) is 37.2 Å². The first-order chi connectivity index (χ1) is 9.95. The first-order valence-corrected chi connectivity index (χ1v) is 8.22. The van der Waals surface area contributed by atoms with Gasteiger partial charge in [-0.15, -0.1) is 0 Å². The van der Waals surface area contributed by atoms with E-state index >= 15 is 0 Å². The number of rotatable bonds is 5. The second kappa shape index (κ2) is 7.18. The Kier molecular flexibility index (Phi) is 5.53. The second-order valence-electron chi connectivity index (χ2n) is 4.96. The van der Waals surface area contributed by atoms with Gasteiger partial charge in [-0.2, -0.15) is 0 Å². The highest BCUT2D eigenvalue weighted by molar-refractivity contribution is 9.11. The molecule has 0 saturated carbocycles. The normalized spacial score (nSPS) is 10.7. The second-order valence-corrected chi connectivity index (χ2v) is 6.66. The summed E-state index contributed by atoms with van der Waals surface area (Å²) in [5.41, 5.74) is 2.08. The minimum absolute atomic E-state index is 0.124. The van der Waals surface area contributed by atoms with Gasteiger partial charge < -0.3 is 15.2 Å². The Hall–Kier alpha value is -1.20. The van der Waals surface area contributed by atoms with Crippen molar-refractivity contribution in [3.05, 3.63) is 50.9 Å². The number of anilines is 1. The highest BCUT2D eigenvalue weighted by Gasteiger charge is 2.10. The van der Waals surface area contributed by atoms with E-state index in [-0.39, 0.29) is 11.9 Å². The Bertz CT molecular complexity index is 589. The topological polar surface area (TPSA) is 41.5 Å². The zero-order valence-corrected chi connectivity index (χ0v) is 15.0. The lowest BCUT2D eigenvalue weighted by Gasteiger charge is -2.15. The summed E-state index contributed by atoms with van der Waals surface area (Å²) in [7, 11) is 0. The summed E-state index contributed by atoms with van der Waals surface area (Å²) in [6.07, 6.45) is 0.124. The molecule has 0 fully saturated rings. The van der Waals surface area contributed by atoms with Gasteiger partial charge in [-0.3, -0.25) is 0 Å². The Morgan fingerprint density at radius 3 is 2.19 bits per heavy atom. The van der Waals surface area contributed by atoms with E-state index in [0.29, 0.717) is 6.54 Å². The van der Waals surface area contributed by atoms with Crippen LogP contribution in [-0.4, -0.2) is 11.2 Å². The number of hydrogen-bond donors (Lipinski definition) is 2. The van der Waals surface area contributed by atoms with Crippen LogP contribution in [0.5, 0.6) is 11.5 Å². The lowest BCUT2D eigenvalue weighted by atomic mass is 10.2. The van der Waals surface area contributed by atoms with E-state index < -0.39 is 0 Å². The molecule has 3 nitrogen and oxygen atoms in total. The van der Waals surface area contributed by atoms with E-state index in [4.69, 9.17) is 4.74 Å². The lowest BCUT2D eigenvalue weighted by molar-refractivity contribution is 0.239. The molecule has 2 aromatic rings. The molecule has 0 aromatic heterocycles. The number of benzene rings is 2. The third-order valence-corrected chi connectivity index (χ3v) is 3.95. The Morgan fingerprint density at radius 1 is 1.10 bits per heavy atom. The molecule has 0 unspecified atom stereocenters. The van der Waals surface area contributed by atoms with Crippen LogP contribution < -0.4 is 10.1 Å². The van der Waals surface area contributed by atoms with Gasteiger partial charge >= 0.3 is 0 Å². The minimum Gasteiger partial charge on any atom is -0.508 e. The van der Waals surface area contributed by atoms with Crippen molar-refractivity contribution in [1.82, 2.24) is 0 Å². The zero-order valence-electron chi connectivity index (χ0n) is 11.9. The summed E-state index contributed by atoms with van der Waals surface area (Å²) in [5.74, 6) is 1.08. The maximum atomic E-state index is 9.26. The zero-order chi connectivity index (χ0) is 15.4. The number of phenols is 1. The number of aromatic hydroxyl groups is 1. The van der Waals surface area contributed by atoms with Crippen LogP contribution in [0.3, 0.4) is 0 Å². The molecule has 0 saturated heterocycles. The first-order valence-electron chi connectivity index (χ1n) is 6.63. The monoisotopic (exact) mass is 413 g/mol. The molecule has 2 aromatic carbocycles. The van der Waals surface area contributed by atoms with Gasteiger partial charge in [0, 0.05) is 12.2 Å². The van der Waals surface area contributed by atoms with Crippen molar-refractivity contribution in [2.45, 2.75) is 26.5 Å².